The summed E-state index contributed by atoms with van der Waals surface area (Å²) in [7, 11) is 0. The van der Waals surface area contributed by atoms with Gasteiger partial charge < -0.3 is 4.90 Å². The molecule has 0 amide bonds. The van der Waals surface area contributed by atoms with E-state index in [1.807, 2.05) is 0 Å². The van der Waals surface area contributed by atoms with E-state index in [1.165, 1.54) is 55.2 Å². The molecule has 0 spiro atoms. The molecule has 0 aliphatic carbocycles. The summed E-state index contributed by atoms with van der Waals surface area (Å²) in [5.74, 6) is 1.87. The van der Waals surface area contributed by atoms with E-state index in [4.69, 9.17) is 0 Å². The molecule has 5 rings (SSSR count). The van der Waals surface area contributed by atoms with Crippen LogP contribution in [0.3, 0.4) is 0 Å². The van der Waals surface area contributed by atoms with Crippen molar-refractivity contribution in [1.29, 1.82) is 0 Å². The number of hydrogen-bond acceptors (Lipinski definition) is 1. The highest BCUT2D eigenvalue weighted by Crippen LogP contribution is 2.34. The van der Waals surface area contributed by atoms with Crippen molar-refractivity contribution < 1.29 is 0 Å². The van der Waals surface area contributed by atoms with Crippen LogP contribution in [0.5, 0.6) is 0 Å². The van der Waals surface area contributed by atoms with Crippen LogP contribution >= 0.6 is 0 Å². The normalized spacial score (nSPS) is 28.5. The standard InChI is InChI=1S/C20H23N/c1-2-10-20-17(5-1)6-3-7-18(20)8-4-9-19-15-21-13-11-16(19)12-14-21/h1-8,10,16,19H,9,11-15H2/b8-4+. The maximum absolute atomic E-state index is 2.65. The third-order valence-corrected chi connectivity index (χ3v) is 5.35. The fraction of sp³-hybridized carbons (Fsp3) is 0.400. The van der Waals surface area contributed by atoms with Crippen molar-refractivity contribution in [3.05, 3.63) is 54.1 Å². The first kappa shape index (κ1) is 13.1. The van der Waals surface area contributed by atoms with E-state index in [1.54, 1.807) is 0 Å². The molecule has 0 radical (unpaired) electrons. The molecule has 0 saturated carbocycles. The summed E-state index contributed by atoms with van der Waals surface area (Å²) in [4.78, 5) is 2.65. The van der Waals surface area contributed by atoms with E-state index in [0.29, 0.717) is 0 Å². The van der Waals surface area contributed by atoms with Crippen LogP contribution in [0.15, 0.2) is 48.5 Å². The number of piperidine rings is 3. The van der Waals surface area contributed by atoms with Crippen LogP contribution in [0.4, 0.5) is 0 Å². The van der Waals surface area contributed by atoms with Gasteiger partial charge in [-0.2, -0.15) is 0 Å². The summed E-state index contributed by atoms with van der Waals surface area (Å²) in [6.07, 6.45) is 8.83. The zero-order valence-corrected chi connectivity index (χ0v) is 12.5. The smallest absolute Gasteiger partial charge is 0.00153 e. The van der Waals surface area contributed by atoms with Gasteiger partial charge in [-0.15, -0.1) is 0 Å². The molecule has 0 N–H and O–H groups in total. The number of benzene rings is 2. The maximum atomic E-state index is 2.65. The fourth-order valence-corrected chi connectivity index (χ4v) is 4.12. The van der Waals surface area contributed by atoms with Gasteiger partial charge in [0.05, 0.1) is 0 Å². The minimum absolute atomic E-state index is 0.888. The first-order valence-corrected chi connectivity index (χ1v) is 8.27. The summed E-state index contributed by atoms with van der Waals surface area (Å²) in [5, 5.41) is 2.70. The van der Waals surface area contributed by atoms with E-state index in [9.17, 15) is 0 Å². The molecule has 21 heavy (non-hydrogen) atoms. The van der Waals surface area contributed by atoms with Gasteiger partial charge in [0.2, 0.25) is 0 Å². The monoisotopic (exact) mass is 277 g/mol. The van der Waals surface area contributed by atoms with Crippen LogP contribution in [0.1, 0.15) is 24.8 Å². The van der Waals surface area contributed by atoms with Crippen molar-refractivity contribution in [3.8, 4) is 0 Å². The average molecular weight is 277 g/mol. The highest BCUT2D eigenvalue weighted by atomic mass is 15.1. The number of fused-ring (bicyclic) bond motifs is 4. The minimum Gasteiger partial charge on any atom is -0.303 e. The molecule has 1 unspecified atom stereocenters. The lowest BCUT2D eigenvalue weighted by atomic mass is 9.77. The van der Waals surface area contributed by atoms with Gasteiger partial charge in [-0.3, -0.25) is 0 Å². The lowest BCUT2D eigenvalue weighted by Gasteiger charge is -2.44. The van der Waals surface area contributed by atoms with E-state index in [2.05, 4.69) is 59.5 Å². The topological polar surface area (TPSA) is 3.24 Å². The maximum Gasteiger partial charge on any atom is 0.00153 e. The van der Waals surface area contributed by atoms with Crippen LogP contribution in [0.25, 0.3) is 16.8 Å². The molecule has 3 saturated heterocycles. The minimum atomic E-state index is 0.888. The summed E-state index contributed by atoms with van der Waals surface area (Å²) in [6.45, 7) is 4.01. The van der Waals surface area contributed by atoms with Crippen LogP contribution in [-0.4, -0.2) is 24.5 Å². The Morgan fingerprint density at radius 1 is 1.00 bits per heavy atom. The summed E-state index contributed by atoms with van der Waals surface area (Å²) < 4.78 is 0. The summed E-state index contributed by atoms with van der Waals surface area (Å²) in [6, 6.07) is 15.3. The molecule has 1 heteroatoms. The van der Waals surface area contributed by atoms with Crippen molar-refractivity contribution >= 4 is 16.8 Å². The van der Waals surface area contributed by atoms with Crippen molar-refractivity contribution in [1.82, 2.24) is 4.90 Å². The Kier molecular flexibility index (Phi) is 3.52. The van der Waals surface area contributed by atoms with Gasteiger partial charge >= 0.3 is 0 Å². The fourth-order valence-electron chi connectivity index (χ4n) is 4.12. The lowest BCUT2D eigenvalue weighted by Crippen LogP contribution is -2.47. The average Bonchev–Trinajstić information content (AvgIpc) is 2.56. The molecule has 108 valence electrons. The largest absolute Gasteiger partial charge is 0.303 e. The van der Waals surface area contributed by atoms with Crippen LogP contribution in [0.2, 0.25) is 0 Å². The zero-order valence-electron chi connectivity index (χ0n) is 12.5. The lowest BCUT2D eigenvalue weighted by molar-refractivity contribution is 0.0526. The van der Waals surface area contributed by atoms with Gasteiger partial charge in [-0.05, 0) is 60.5 Å². The van der Waals surface area contributed by atoms with Crippen LogP contribution in [0, 0.1) is 11.8 Å². The second kappa shape index (κ2) is 5.65. The van der Waals surface area contributed by atoms with Gasteiger partial charge in [-0.1, -0.05) is 54.6 Å². The Labute approximate surface area is 127 Å². The first-order chi connectivity index (χ1) is 10.4. The van der Waals surface area contributed by atoms with Crippen molar-refractivity contribution in [2.45, 2.75) is 19.3 Å². The molecule has 1 nitrogen and oxygen atoms in total. The molecule has 2 bridgehead atoms. The van der Waals surface area contributed by atoms with Gasteiger partial charge in [0.1, 0.15) is 0 Å². The second-order valence-corrected chi connectivity index (χ2v) is 6.60. The number of allylic oxidation sites excluding steroid dienone is 1. The molecule has 3 fully saturated rings. The van der Waals surface area contributed by atoms with E-state index in [-0.39, 0.29) is 0 Å². The number of hydrogen-bond donors (Lipinski definition) is 0. The Morgan fingerprint density at radius 2 is 1.81 bits per heavy atom. The van der Waals surface area contributed by atoms with Gasteiger partial charge in [0.25, 0.3) is 0 Å². The molecule has 1 atom stereocenters. The molecule has 3 aliphatic rings. The van der Waals surface area contributed by atoms with Gasteiger partial charge in [0.15, 0.2) is 0 Å². The summed E-state index contributed by atoms with van der Waals surface area (Å²) in [5.41, 5.74) is 1.36. The van der Waals surface area contributed by atoms with Crippen molar-refractivity contribution in [3.63, 3.8) is 0 Å². The SMILES string of the molecule is C(=C\c1cccc2ccccc12)/CC1CN2CCC1CC2. The molecule has 3 heterocycles. The Morgan fingerprint density at radius 3 is 2.62 bits per heavy atom. The van der Waals surface area contributed by atoms with Crippen LogP contribution in [-0.2, 0) is 0 Å². The number of nitrogens with zero attached hydrogens (tertiary/aromatic N) is 1. The second-order valence-electron chi connectivity index (χ2n) is 6.60. The molecular formula is C20H23N. The van der Waals surface area contributed by atoms with Crippen molar-refractivity contribution in [2.24, 2.45) is 11.8 Å². The zero-order chi connectivity index (χ0) is 14.1. The molecular weight excluding hydrogens is 254 g/mol. The first-order valence-electron chi connectivity index (χ1n) is 8.27. The number of rotatable bonds is 3. The molecule has 3 aliphatic heterocycles. The Hall–Kier alpha value is -1.60. The van der Waals surface area contributed by atoms with E-state index < -0.39 is 0 Å². The summed E-state index contributed by atoms with van der Waals surface area (Å²) >= 11 is 0. The van der Waals surface area contributed by atoms with Crippen molar-refractivity contribution in [2.75, 3.05) is 19.6 Å². The third kappa shape index (κ3) is 2.63. The highest BCUT2D eigenvalue weighted by molar-refractivity contribution is 5.90. The quantitative estimate of drug-likeness (QED) is 0.793. The molecule has 2 aromatic rings. The predicted octanol–water partition coefficient (Wildman–Crippen LogP) is 4.58. The Bertz CT molecular complexity index is 644. The highest BCUT2D eigenvalue weighted by Gasteiger charge is 2.32. The van der Waals surface area contributed by atoms with Gasteiger partial charge in [-0.25, -0.2) is 0 Å². The van der Waals surface area contributed by atoms with Gasteiger partial charge in [0, 0.05) is 6.54 Å². The van der Waals surface area contributed by atoms with E-state index in [0.717, 1.165) is 11.8 Å². The van der Waals surface area contributed by atoms with Crippen LogP contribution < -0.4 is 0 Å². The third-order valence-electron chi connectivity index (χ3n) is 5.35. The molecule has 0 aromatic heterocycles. The van der Waals surface area contributed by atoms with E-state index >= 15 is 0 Å². The molecule has 2 aromatic carbocycles. The predicted molar refractivity (Wildman–Crippen MR) is 90.3 cm³/mol. The Balaban J connectivity index is 1.50.